The van der Waals surface area contributed by atoms with Crippen LogP contribution in [0.3, 0.4) is 0 Å². The summed E-state index contributed by atoms with van der Waals surface area (Å²) in [4.78, 5) is 13.4. The molecule has 3 aromatic carbocycles. The number of hydrogen-bond acceptors (Lipinski definition) is 1. The third-order valence-electron chi connectivity index (χ3n) is 5.66. The first-order valence-electron chi connectivity index (χ1n) is 9.85. The molecule has 0 amide bonds. The zero-order chi connectivity index (χ0) is 21.1. The normalized spacial score (nSPS) is 20.0. The van der Waals surface area contributed by atoms with Crippen molar-refractivity contribution >= 4 is 17.4 Å². The molecule has 0 saturated heterocycles. The van der Waals surface area contributed by atoms with Crippen LogP contribution in [0.1, 0.15) is 38.5 Å². The number of halogens is 1. The monoisotopic (exact) mass is 408 g/mol. The Morgan fingerprint density at radius 2 is 1.67 bits per heavy atom. The Balaban J connectivity index is 1.87. The van der Waals surface area contributed by atoms with Crippen LogP contribution in [0.25, 0.3) is 0 Å². The lowest BCUT2D eigenvalue weighted by Crippen LogP contribution is -2.32. The lowest BCUT2D eigenvalue weighted by atomic mass is 9.64. The summed E-state index contributed by atoms with van der Waals surface area (Å²) in [5.74, 6) is 2.90. The van der Waals surface area contributed by atoms with Crippen LogP contribution in [-0.4, -0.2) is 5.78 Å². The first kappa shape index (κ1) is 20.0. The number of carbonyl (C=O) groups excluding carboxylic acids is 1. The van der Waals surface area contributed by atoms with E-state index < -0.39 is 5.41 Å². The molecule has 0 spiro atoms. The van der Waals surface area contributed by atoms with Crippen molar-refractivity contribution < 1.29 is 4.79 Å². The third kappa shape index (κ3) is 3.52. The van der Waals surface area contributed by atoms with Crippen LogP contribution < -0.4 is 0 Å². The van der Waals surface area contributed by atoms with E-state index in [1.165, 1.54) is 5.56 Å². The molecule has 0 fully saturated rings. The molecule has 1 nitrogen and oxygen atoms in total. The first-order valence-corrected chi connectivity index (χ1v) is 10.2. The van der Waals surface area contributed by atoms with Gasteiger partial charge in [0.05, 0.1) is 5.41 Å². The number of aryl methyl sites for hydroxylation is 1. The Kier molecular flexibility index (Phi) is 5.44. The van der Waals surface area contributed by atoms with E-state index in [9.17, 15) is 4.79 Å². The topological polar surface area (TPSA) is 17.1 Å². The molecule has 4 rings (SSSR count). The molecule has 3 aromatic rings. The molecule has 2 heteroatoms. The second-order valence-electron chi connectivity index (χ2n) is 7.53. The van der Waals surface area contributed by atoms with Crippen LogP contribution in [-0.2, 0) is 5.41 Å². The molecule has 1 aliphatic rings. The molecular formula is C28H21ClO. The van der Waals surface area contributed by atoms with Crippen LogP contribution >= 0.6 is 11.6 Å². The Hall–Kier alpha value is -3.34. The number of terminal acetylenes is 1. The number of benzene rings is 3. The molecule has 0 saturated carbocycles. The van der Waals surface area contributed by atoms with Crippen molar-refractivity contribution in [3.05, 3.63) is 130 Å². The summed E-state index contributed by atoms with van der Waals surface area (Å²) in [6, 6.07) is 23.0. The Bertz CT molecular complexity index is 1180. The van der Waals surface area contributed by atoms with E-state index in [2.05, 4.69) is 43.2 Å². The number of ketones is 1. The summed E-state index contributed by atoms with van der Waals surface area (Å²) in [6.07, 6.45) is 14.3. The Morgan fingerprint density at radius 3 is 2.37 bits per heavy atom. The smallest absolute Gasteiger partial charge is 0.193 e. The second-order valence-corrected chi connectivity index (χ2v) is 7.96. The number of allylic oxidation sites excluding steroid dienone is 4. The molecule has 0 aromatic heterocycles. The van der Waals surface area contributed by atoms with Gasteiger partial charge < -0.3 is 0 Å². The highest BCUT2D eigenvalue weighted by atomic mass is 35.5. The molecular weight excluding hydrogens is 388 g/mol. The Morgan fingerprint density at radius 1 is 0.967 bits per heavy atom. The van der Waals surface area contributed by atoms with Crippen LogP contribution in [0, 0.1) is 19.3 Å². The molecule has 30 heavy (non-hydrogen) atoms. The number of carbonyl (C=O) groups is 1. The zero-order valence-electron chi connectivity index (χ0n) is 16.7. The van der Waals surface area contributed by atoms with E-state index in [4.69, 9.17) is 18.0 Å². The summed E-state index contributed by atoms with van der Waals surface area (Å²) in [6.45, 7) is 2.06. The van der Waals surface area contributed by atoms with Crippen LogP contribution in [0.4, 0.5) is 0 Å². The van der Waals surface area contributed by atoms with Gasteiger partial charge >= 0.3 is 0 Å². The first-order chi connectivity index (χ1) is 14.5. The van der Waals surface area contributed by atoms with E-state index in [0.29, 0.717) is 16.1 Å². The Labute approximate surface area is 182 Å². The van der Waals surface area contributed by atoms with E-state index >= 15 is 0 Å². The molecule has 0 bridgehead atoms. The van der Waals surface area contributed by atoms with Crippen molar-refractivity contribution in [1.82, 2.24) is 0 Å². The van der Waals surface area contributed by atoms with Gasteiger partial charge in [0.2, 0.25) is 0 Å². The largest absolute Gasteiger partial charge is 0.289 e. The van der Waals surface area contributed by atoms with E-state index in [1.807, 2.05) is 42.5 Å². The molecule has 0 radical (unpaired) electrons. The summed E-state index contributed by atoms with van der Waals surface area (Å²) in [5, 5.41) is 0.597. The third-order valence-corrected chi connectivity index (χ3v) is 5.92. The molecule has 0 heterocycles. The molecule has 146 valence electrons. The van der Waals surface area contributed by atoms with Gasteiger partial charge in [-0.05, 0) is 42.3 Å². The minimum absolute atomic E-state index is 0.0671. The van der Waals surface area contributed by atoms with Crippen LogP contribution in [0.2, 0.25) is 5.02 Å². The van der Waals surface area contributed by atoms with Crippen LogP contribution in [0.15, 0.2) is 97.1 Å². The maximum absolute atomic E-state index is 13.4. The molecule has 2 atom stereocenters. The standard InChI is InChI=1S/C28H21ClO/c1-3-28(19-7-6-9-25(28)21-13-11-20(2)12-14-21)26-10-5-4-8-24(26)27(30)22-15-17-23(29)18-16-22/h1,4-19,25H,2H3. The molecule has 1 aliphatic carbocycles. The van der Waals surface area contributed by atoms with Crippen molar-refractivity contribution in [2.75, 3.05) is 0 Å². The van der Waals surface area contributed by atoms with Gasteiger partial charge in [-0.25, -0.2) is 0 Å². The average Bonchev–Trinajstić information content (AvgIpc) is 2.79. The minimum Gasteiger partial charge on any atom is -0.289 e. The fraction of sp³-hybridized carbons (Fsp3) is 0.107. The van der Waals surface area contributed by atoms with E-state index in [1.54, 1.807) is 24.3 Å². The minimum atomic E-state index is -0.761. The van der Waals surface area contributed by atoms with Gasteiger partial charge in [0.25, 0.3) is 0 Å². The predicted molar refractivity (Wildman–Crippen MR) is 124 cm³/mol. The fourth-order valence-electron chi connectivity index (χ4n) is 4.06. The van der Waals surface area contributed by atoms with Gasteiger partial charge in [0.15, 0.2) is 5.78 Å². The van der Waals surface area contributed by atoms with Gasteiger partial charge in [0.1, 0.15) is 0 Å². The van der Waals surface area contributed by atoms with Crippen molar-refractivity contribution in [3.63, 3.8) is 0 Å². The maximum Gasteiger partial charge on any atom is 0.193 e. The van der Waals surface area contributed by atoms with E-state index in [-0.39, 0.29) is 11.7 Å². The zero-order valence-corrected chi connectivity index (χ0v) is 17.4. The second kappa shape index (κ2) is 8.19. The lowest BCUT2D eigenvalue weighted by molar-refractivity contribution is 0.103. The quantitative estimate of drug-likeness (QED) is 0.348. The fourth-order valence-corrected chi connectivity index (χ4v) is 4.18. The highest BCUT2D eigenvalue weighted by Gasteiger charge is 2.39. The van der Waals surface area contributed by atoms with Gasteiger partial charge in [-0.15, -0.1) is 6.42 Å². The van der Waals surface area contributed by atoms with Gasteiger partial charge in [-0.2, -0.15) is 0 Å². The van der Waals surface area contributed by atoms with Crippen molar-refractivity contribution in [1.29, 1.82) is 0 Å². The summed E-state index contributed by atoms with van der Waals surface area (Å²) >= 11 is 6.00. The molecule has 0 aliphatic heterocycles. The number of rotatable bonds is 4. The van der Waals surface area contributed by atoms with Gasteiger partial charge in [-0.3, -0.25) is 4.79 Å². The van der Waals surface area contributed by atoms with Gasteiger partial charge in [0, 0.05) is 22.1 Å². The lowest BCUT2D eigenvalue weighted by Gasteiger charge is -2.36. The van der Waals surface area contributed by atoms with Crippen molar-refractivity contribution in [2.45, 2.75) is 18.3 Å². The number of hydrogen-bond donors (Lipinski definition) is 0. The maximum atomic E-state index is 13.4. The summed E-state index contributed by atoms with van der Waals surface area (Å²) in [5.41, 5.74) is 3.57. The van der Waals surface area contributed by atoms with E-state index in [0.717, 1.165) is 11.1 Å². The highest BCUT2D eigenvalue weighted by molar-refractivity contribution is 6.30. The SMILES string of the molecule is C#CC1(c2ccccc2C(=O)c2ccc(Cl)cc2)C=CC=CC1c1ccc(C)cc1. The van der Waals surface area contributed by atoms with Gasteiger partial charge in [-0.1, -0.05) is 95.9 Å². The summed E-state index contributed by atoms with van der Waals surface area (Å²) in [7, 11) is 0. The average molecular weight is 409 g/mol. The van der Waals surface area contributed by atoms with Crippen molar-refractivity contribution in [3.8, 4) is 12.3 Å². The van der Waals surface area contributed by atoms with Crippen LogP contribution in [0.5, 0.6) is 0 Å². The highest BCUT2D eigenvalue weighted by Crippen LogP contribution is 2.44. The predicted octanol–water partition coefficient (Wildman–Crippen LogP) is 6.66. The molecule has 2 unspecified atom stereocenters. The molecule has 0 N–H and O–H groups in total. The summed E-state index contributed by atoms with van der Waals surface area (Å²) < 4.78 is 0. The van der Waals surface area contributed by atoms with Crippen molar-refractivity contribution in [2.24, 2.45) is 0 Å².